The molecule has 0 spiro atoms. The molecule has 5 nitrogen and oxygen atoms in total. The molecular formula is C17H25NO4. The lowest BCUT2D eigenvalue weighted by Gasteiger charge is -2.22. The molecule has 0 radical (unpaired) electrons. The second-order valence-corrected chi connectivity index (χ2v) is 6.64. The van der Waals surface area contributed by atoms with Crippen molar-refractivity contribution >= 4 is 12.1 Å². The number of hydrogen-bond donors (Lipinski definition) is 2. The van der Waals surface area contributed by atoms with Crippen LogP contribution in [0, 0.1) is 0 Å². The zero-order chi connectivity index (χ0) is 16.9. The van der Waals surface area contributed by atoms with Gasteiger partial charge in [0.2, 0.25) is 0 Å². The van der Waals surface area contributed by atoms with Gasteiger partial charge in [-0.15, -0.1) is 0 Å². The number of carboxylic acids is 1. The summed E-state index contributed by atoms with van der Waals surface area (Å²) in [5, 5.41) is 11.7. The Bertz CT molecular complexity index is 514. The van der Waals surface area contributed by atoms with E-state index in [1.165, 1.54) is 5.56 Å². The highest BCUT2D eigenvalue weighted by Crippen LogP contribution is 2.16. The number of carbonyl (C=O) groups excluding carboxylic acids is 1. The zero-order valence-corrected chi connectivity index (χ0v) is 13.8. The van der Waals surface area contributed by atoms with Crippen LogP contribution in [0.2, 0.25) is 0 Å². The Hall–Kier alpha value is -2.04. The van der Waals surface area contributed by atoms with Crippen molar-refractivity contribution in [2.75, 3.05) is 0 Å². The molecule has 1 rings (SSSR count). The predicted octanol–water partition coefficient (Wildman–Crippen LogP) is 3.33. The molecule has 0 aliphatic carbocycles. The Morgan fingerprint density at radius 3 is 2.14 bits per heavy atom. The first kappa shape index (κ1) is 18.0. The van der Waals surface area contributed by atoms with Crippen molar-refractivity contribution in [2.24, 2.45) is 0 Å². The Kier molecular flexibility index (Phi) is 5.97. The van der Waals surface area contributed by atoms with Crippen LogP contribution < -0.4 is 5.32 Å². The summed E-state index contributed by atoms with van der Waals surface area (Å²) in [6.45, 7) is 9.38. The average Bonchev–Trinajstić information content (AvgIpc) is 2.36. The molecule has 0 aliphatic heterocycles. The highest BCUT2D eigenvalue weighted by atomic mass is 16.6. The van der Waals surface area contributed by atoms with Crippen LogP contribution in [-0.4, -0.2) is 28.8 Å². The van der Waals surface area contributed by atoms with E-state index in [-0.39, 0.29) is 6.42 Å². The largest absolute Gasteiger partial charge is 0.480 e. The summed E-state index contributed by atoms with van der Waals surface area (Å²) >= 11 is 0. The third-order valence-electron chi connectivity index (χ3n) is 3.08. The molecule has 22 heavy (non-hydrogen) atoms. The molecule has 0 saturated heterocycles. The minimum absolute atomic E-state index is 0.215. The van der Waals surface area contributed by atoms with Crippen LogP contribution >= 0.6 is 0 Å². The molecule has 0 fully saturated rings. The van der Waals surface area contributed by atoms with Gasteiger partial charge in [-0.2, -0.15) is 0 Å². The fourth-order valence-electron chi connectivity index (χ4n) is 1.92. The Morgan fingerprint density at radius 2 is 1.73 bits per heavy atom. The van der Waals surface area contributed by atoms with Crippen molar-refractivity contribution in [1.29, 1.82) is 0 Å². The van der Waals surface area contributed by atoms with Gasteiger partial charge in [0, 0.05) is 6.42 Å². The van der Waals surface area contributed by atoms with E-state index in [0.29, 0.717) is 5.92 Å². The quantitative estimate of drug-likeness (QED) is 0.875. The summed E-state index contributed by atoms with van der Waals surface area (Å²) in [7, 11) is 0. The molecule has 122 valence electrons. The number of aliphatic carboxylic acids is 1. The Labute approximate surface area is 131 Å². The number of benzene rings is 1. The van der Waals surface area contributed by atoms with Crippen LogP contribution in [0.5, 0.6) is 0 Å². The van der Waals surface area contributed by atoms with Crippen molar-refractivity contribution in [2.45, 2.75) is 58.6 Å². The second-order valence-electron chi connectivity index (χ2n) is 6.64. The highest BCUT2D eigenvalue weighted by molar-refractivity contribution is 5.80. The second kappa shape index (κ2) is 7.29. The van der Waals surface area contributed by atoms with Crippen molar-refractivity contribution in [3.8, 4) is 0 Å². The maximum absolute atomic E-state index is 11.7. The number of carbonyl (C=O) groups is 2. The molecule has 1 amide bonds. The molecule has 1 atom stereocenters. The standard InChI is InChI=1S/C17H25NO4/c1-11(2)13-8-6-12(7-9-13)10-14(15(19)20)18-16(21)22-17(3,4)5/h6-9,11,14H,10H2,1-5H3,(H,18,21)(H,19,20)/t14-/m0/s1. The van der Waals surface area contributed by atoms with Crippen LogP contribution in [0.1, 0.15) is 51.7 Å². The van der Waals surface area contributed by atoms with Gasteiger partial charge >= 0.3 is 12.1 Å². The van der Waals surface area contributed by atoms with Gasteiger partial charge in [0.1, 0.15) is 11.6 Å². The van der Waals surface area contributed by atoms with Crippen LogP contribution in [0.4, 0.5) is 4.79 Å². The molecule has 0 aromatic heterocycles. The summed E-state index contributed by atoms with van der Waals surface area (Å²) in [6.07, 6.45) is -0.508. The number of rotatable bonds is 5. The van der Waals surface area contributed by atoms with Gasteiger partial charge in [-0.3, -0.25) is 0 Å². The van der Waals surface area contributed by atoms with Crippen molar-refractivity contribution in [3.05, 3.63) is 35.4 Å². The minimum atomic E-state index is -1.08. The predicted molar refractivity (Wildman–Crippen MR) is 85.0 cm³/mol. The van der Waals surface area contributed by atoms with Crippen molar-refractivity contribution in [1.82, 2.24) is 5.32 Å². The molecule has 0 saturated carbocycles. The Balaban J connectivity index is 2.72. The number of ether oxygens (including phenoxy) is 1. The first-order valence-corrected chi connectivity index (χ1v) is 7.39. The number of nitrogens with one attached hydrogen (secondary N) is 1. The molecule has 5 heteroatoms. The van der Waals surface area contributed by atoms with E-state index >= 15 is 0 Å². The molecular weight excluding hydrogens is 282 g/mol. The molecule has 0 unspecified atom stereocenters. The number of alkyl carbamates (subject to hydrolysis) is 1. The summed E-state index contributed by atoms with van der Waals surface area (Å²) in [4.78, 5) is 23.0. The van der Waals surface area contributed by atoms with E-state index in [1.54, 1.807) is 20.8 Å². The lowest BCUT2D eigenvalue weighted by atomic mass is 9.99. The molecule has 1 aromatic rings. The molecule has 0 heterocycles. The van der Waals surface area contributed by atoms with Crippen LogP contribution in [0.25, 0.3) is 0 Å². The minimum Gasteiger partial charge on any atom is -0.480 e. The summed E-state index contributed by atoms with van der Waals surface area (Å²) in [5.41, 5.74) is 1.38. The molecule has 2 N–H and O–H groups in total. The van der Waals surface area contributed by atoms with Crippen LogP contribution in [-0.2, 0) is 16.0 Å². The van der Waals surface area contributed by atoms with Gasteiger partial charge < -0.3 is 15.2 Å². The highest BCUT2D eigenvalue weighted by Gasteiger charge is 2.24. The third kappa shape index (κ3) is 6.16. The van der Waals surface area contributed by atoms with Crippen LogP contribution in [0.3, 0.4) is 0 Å². The lowest BCUT2D eigenvalue weighted by molar-refractivity contribution is -0.139. The number of amides is 1. The monoisotopic (exact) mass is 307 g/mol. The lowest BCUT2D eigenvalue weighted by Crippen LogP contribution is -2.44. The van der Waals surface area contributed by atoms with E-state index in [1.807, 2.05) is 24.3 Å². The fourth-order valence-corrected chi connectivity index (χ4v) is 1.92. The van der Waals surface area contributed by atoms with Gasteiger partial charge in [-0.25, -0.2) is 9.59 Å². The zero-order valence-electron chi connectivity index (χ0n) is 13.8. The van der Waals surface area contributed by atoms with Gasteiger partial charge in [0.25, 0.3) is 0 Å². The first-order valence-electron chi connectivity index (χ1n) is 7.39. The normalized spacial score (nSPS) is 12.8. The summed E-state index contributed by atoms with van der Waals surface area (Å²) < 4.78 is 5.09. The smallest absolute Gasteiger partial charge is 0.408 e. The van der Waals surface area contributed by atoms with E-state index in [0.717, 1.165) is 5.56 Å². The first-order chi connectivity index (χ1) is 10.1. The van der Waals surface area contributed by atoms with Crippen LogP contribution in [0.15, 0.2) is 24.3 Å². The van der Waals surface area contributed by atoms with E-state index < -0.39 is 23.7 Å². The SMILES string of the molecule is CC(C)c1ccc(C[C@H](NC(=O)OC(C)(C)C)C(=O)O)cc1. The van der Waals surface area contributed by atoms with Gasteiger partial charge in [-0.05, 0) is 37.8 Å². The summed E-state index contributed by atoms with van der Waals surface area (Å²) in [5.74, 6) is -0.664. The maximum atomic E-state index is 11.7. The maximum Gasteiger partial charge on any atom is 0.408 e. The van der Waals surface area contributed by atoms with E-state index in [2.05, 4.69) is 19.2 Å². The topological polar surface area (TPSA) is 75.6 Å². The molecule has 0 aliphatic rings. The fraction of sp³-hybridized carbons (Fsp3) is 0.529. The summed E-state index contributed by atoms with van der Waals surface area (Å²) in [6, 6.07) is 6.72. The van der Waals surface area contributed by atoms with Gasteiger partial charge in [-0.1, -0.05) is 38.1 Å². The van der Waals surface area contributed by atoms with Crippen molar-refractivity contribution in [3.63, 3.8) is 0 Å². The Morgan fingerprint density at radius 1 is 1.18 bits per heavy atom. The van der Waals surface area contributed by atoms with Gasteiger partial charge in [0.15, 0.2) is 0 Å². The van der Waals surface area contributed by atoms with E-state index in [9.17, 15) is 14.7 Å². The number of hydrogen-bond acceptors (Lipinski definition) is 3. The van der Waals surface area contributed by atoms with E-state index in [4.69, 9.17) is 4.74 Å². The molecule has 0 bridgehead atoms. The molecule has 1 aromatic carbocycles. The van der Waals surface area contributed by atoms with Gasteiger partial charge in [0.05, 0.1) is 0 Å². The number of carboxylic acid groups (broad SMARTS) is 1. The third-order valence-corrected chi connectivity index (χ3v) is 3.08. The van der Waals surface area contributed by atoms with Crippen molar-refractivity contribution < 1.29 is 19.4 Å². The average molecular weight is 307 g/mol.